The third-order valence-corrected chi connectivity index (χ3v) is 5.48. The number of carbonyl (C=O) groups is 4. The molecule has 0 radical (unpaired) electrons. The number of nitro groups is 1. The largest absolute Gasteiger partial charge is 0.493 e. The number of benzene rings is 2. The SMILES string of the molecule is COC(=O)CN1C(=O)S/C(=C\c2ccc(OCC(=O)Nc3cccc([N+](=O)[O-])c3)c(OC)c2)C1=O. The van der Waals surface area contributed by atoms with Crippen molar-refractivity contribution in [3.63, 3.8) is 0 Å². The summed E-state index contributed by atoms with van der Waals surface area (Å²) in [5, 5.41) is 12.8. The molecule has 2 aromatic rings. The van der Waals surface area contributed by atoms with E-state index >= 15 is 0 Å². The van der Waals surface area contributed by atoms with Crippen LogP contribution >= 0.6 is 11.8 Å². The molecule has 0 saturated carbocycles. The van der Waals surface area contributed by atoms with Crippen LogP contribution in [0.5, 0.6) is 11.5 Å². The fourth-order valence-corrected chi connectivity index (χ4v) is 3.75. The number of nitrogens with zero attached hydrogens (tertiary/aromatic N) is 2. The van der Waals surface area contributed by atoms with Gasteiger partial charge >= 0.3 is 5.97 Å². The zero-order valence-electron chi connectivity index (χ0n) is 18.5. The molecule has 0 atom stereocenters. The number of rotatable bonds is 9. The van der Waals surface area contributed by atoms with Crippen molar-refractivity contribution in [2.24, 2.45) is 0 Å². The van der Waals surface area contributed by atoms with E-state index in [-0.39, 0.29) is 27.8 Å². The quantitative estimate of drug-likeness (QED) is 0.235. The summed E-state index contributed by atoms with van der Waals surface area (Å²) in [7, 11) is 2.55. The van der Waals surface area contributed by atoms with Crippen molar-refractivity contribution in [2.45, 2.75) is 0 Å². The summed E-state index contributed by atoms with van der Waals surface area (Å²) in [5.74, 6) is -1.39. The van der Waals surface area contributed by atoms with Crippen LogP contribution in [0.2, 0.25) is 0 Å². The summed E-state index contributed by atoms with van der Waals surface area (Å²) in [6.07, 6.45) is 1.46. The molecule has 0 spiro atoms. The number of anilines is 1. The van der Waals surface area contributed by atoms with E-state index in [1.165, 1.54) is 43.5 Å². The van der Waals surface area contributed by atoms with Gasteiger partial charge < -0.3 is 19.5 Å². The second-order valence-corrected chi connectivity index (χ2v) is 7.89. The van der Waals surface area contributed by atoms with E-state index in [2.05, 4.69) is 10.1 Å². The fraction of sp³-hybridized carbons (Fsp3) is 0.182. The molecule has 3 amide bonds. The monoisotopic (exact) mass is 501 g/mol. The Morgan fingerprint density at radius 1 is 1.14 bits per heavy atom. The Kier molecular flexibility index (Phi) is 8.04. The van der Waals surface area contributed by atoms with Crippen molar-refractivity contribution in [3.05, 3.63) is 63.0 Å². The van der Waals surface area contributed by atoms with Crippen molar-refractivity contribution < 1.29 is 38.3 Å². The number of non-ortho nitro benzene ring substituents is 1. The van der Waals surface area contributed by atoms with Crippen molar-refractivity contribution in [1.82, 2.24) is 4.90 Å². The Bertz CT molecular complexity index is 1230. The van der Waals surface area contributed by atoms with Gasteiger partial charge in [-0.05, 0) is 41.6 Å². The molecule has 182 valence electrons. The Labute approximate surface area is 203 Å². The number of methoxy groups -OCH3 is 2. The standard InChI is InChI=1S/C22H19N3O9S/c1-32-17-8-13(9-18-21(28)24(22(29)35-18)11-20(27)33-2)6-7-16(17)34-12-19(26)23-14-4-3-5-15(10-14)25(30)31/h3-10H,11-12H2,1-2H3,(H,23,26)/b18-9-. The third kappa shape index (κ3) is 6.35. The number of hydrogen-bond acceptors (Lipinski definition) is 10. The van der Waals surface area contributed by atoms with Crippen molar-refractivity contribution in [2.75, 3.05) is 32.7 Å². The predicted octanol–water partition coefficient (Wildman–Crippen LogP) is 2.83. The Hall–Kier alpha value is -4.39. The number of nitro benzene ring substituents is 1. The molecule has 35 heavy (non-hydrogen) atoms. The maximum absolute atomic E-state index is 12.4. The van der Waals surface area contributed by atoms with E-state index in [0.717, 1.165) is 12.0 Å². The van der Waals surface area contributed by atoms with Gasteiger partial charge in [0.2, 0.25) is 0 Å². The first-order valence-corrected chi connectivity index (χ1v) is 10.7. The first kappa shape index (κ1) is 25.2. The number of nitrogens with one attached hydrogen (secondary N) is 1. The van der Waals surface area contributed by atoms with E-state index in [1.807, 2.05) is 0 Å². The van der Waals surface area contributed by atoms with Gasteiger partial charge in [0.05, 0.1) is 24.0 Å². The van der Waals surface area contributed by atoms with Crippen LogP contribution in [0.3, 0.4) is 0 Å². The number of carbonyl (C=O) groups excluding carboxylic acids is 4. The molecule has 1 heterocycles. The molecule has 1 saturated heterocycles. The van der Waals surface area contributed by atoms with E-state index in [9.17, 15) is 29.3 Å². The molecule has 0 aliphatic carbocycles. The summed E-state index contributed by atoms with van der Waals surface area (Å²) < 4.78 is 15.3. The van der Waals surface area contributed by atoms with Gasteiger partial charge in [0.15, 0.2) is 18.1 Å². The van der Waals surface area contributed by atoms with Gasteiger partial charge in [-0.15, -0.1) is 0 Å². The fourth-order valence-electron chi connectivity index (χ4n) is 2.91. The van der Waals surface area contributed by atoms with Crippen LogP contribution in [0.1, 0.15) is 5.56 Å². The lowest BCUT2D eigenvalue weighted by Gasteiger charge is -2.12. The topological polar surface area (TPSA) is 154 Å². The highest BCUT2D eigenvalue weighted by atomic mass is 32.2. The second kappa shape index (κ2) is 11.2. The highest BCUT2D eigenvalue weighted by Crippen LogP contribution is 2.34. The van der Waals surface area contributed by atoms with E-state index < -0.39 is 41.1 Å². The molecule has 0 unspecified atom stereocenters. The minimum atomic E-state index is -0.716. The van der Waals surface area contributed by atoms with Crippen molar-refractivity contribution in [1.29, 1.82) is 0 Å². The smallest absolute Gasteiger partial charge is 0.325 e. The number of thioether (sulfide) groups is 1. The molecular weight excluding hydrogens is 482 g/mol. The minimum absolute atomic E-state index is 0.117. The number of imide groups is 1. The zero-order valence-corrected chi connectivity index (χ0v) is 19.3. The van der Waals surface area contributed by atoms with Gasteiger partial charge in [0, 0.05) is 17.8 Å². The summed E-state index contributed by atoms with van der Waals surface area (Å²) in [6, 6.07) is 10.1. The average molecular weight is 501 g/mol. The van der Waals surface area contributed by atoms with Crippen molar-refractivity contribution >= 4 is 52.2 Å². The Morgan fingerprint density at radius 3 is 2.60 bits per heavy atom. The summed E-state index contributed by atoms with van der Waals surface area (Å²) in [6.45, 7) is -0.877. The van der Waals surface area contributed by atoms with E-state index in [4.69, 9.17) is 9.47 Å². The van der Waals surface area contributed by atoms with E-state index in [0.29, 0.717) is 17.3 Å². The van der Waals surface area contributed by atoms with Gasteiger partial charge in [0.25, 0.3) is 22.7 Å². The second-order valence-electron chi connectivity index (χ2n) is 6.90. The predicted molar refractivity (Wildman–Crippen MR) is 125 cm³/mol. The van der Waals surface area contributed by atoms with Crippen LogP contribution in [-0.2, 0) is 19.1 Å². The summed E-state index contributed by atoms with van der Waals surface area (Å²) >= 11 is 0.688. The van der Waals surface area contributed by atoms with Gasteiger partial charge in [0.1, 0.15) is 6.54 Å². The van der Waals surface area contributed by atoms with Crippen molar-refractivity contribution in [3.8, 4) is 11.5 Å². The van der Waals surface area contributed by atoms with Crippen LogP contribution in [0, 0.1) is 10.1 Å². The van der Waals surface area contributed by atoms with Gasteiger partial charge in [-0.25, -0.2) is 0 Å². The lowest BCUT2D eigenvalue weighted by Crippen LogP contribution is -2.34. The molecule has 12 nitrogen and oxygen atoms in total. The number of amides is 3. The Balaban J connectivity index is 1.66. The zero-order chi connectivity index (χ0) is 25.5. The molecule has 1 aliphatic rings. The molecule has 13 heteroatoms. The third-order valence-electron chi connectivity index (χ3n) is 4.57. The highest BCUT2D eigenvalue weighted by Gasteiger charge is 2.36. The molecule has 1 fully saturated rings. The van der Waals surface area contributed by atoms with Crippen LogP contribution in [0.4, 0.5) is 16.2 Å². The molecule has 0 bridgehead atoms. The summed E-state index contributed by atoms with van der Waals surface area (Å²) in [4.78, 5) is 59.3. The molecule has 1 N–H and O–H groups in total. The van der Waals surface area contributed by atoms with E-state index in [1.54, 1.807) is 12.1 Å². The lowest BCUT2D eigenvalue weighted by molar-refractivity contribution is -0.384. The van der Waals surface area contributed by atoms with Crippen LogP contribution in [0.25, 0.3) is 6.08 Å². The maximum atomic E-state index is 12.4. The highest BCUT2D eigenvalue weighted by molar-refractivity contribution is 8.18. The number of ether oxygens (including phenoxy) is 3. The van der Waals surface area contributed by atoms with Gasteiger partial charge in [-0.1, -0.05) is 12.1 Å². The minimum Gasteiger partial charge on any atom is -0.493 e. The average Bonchev–Trinajstić information content (AvgIpc) is 3.10. The number of hydrogen-bond donors (Lipinski definition) is 1. The first-order valence-electron chi connectivity index (χ1n) is 9.89. The molecule has 2 aromatic carbocycles. The molecular formula is C22H19N3O9S. The normalized spacial score (nSPS) is 14.1. The lowest BCUT2D eigenvalue weighted by atomic mass is 10.2. The first-order chi connectivity index (χ1) is 16.7. The molecule has 3 rings (SSSR count). The van der Waals surface area contributed by atoms with Crippen LogP contribution in [0.15, 0.2) is 47.4 Å². The molecule has 1 aliphatic heterocycles. The van der Waals surface area contributed by atoms with Crippen LogP contribution in [-0.4, -0.2) is 60.2 Å². The number of esters is 1. The van der Waals surface area contributed by atoms with Gasteiger partial charge in [-0.2, -0.15) is 0 Å². The Morgan fingerprint density at radius 2 is 1.91 bits per heavy atom. The maximum Gasteiger partial charge on any atom is 0.325 e. The van der Waals surface area contributed by atoms with Crippen LogP contribution < -0.4 is 14.8 Å². The molecule has 0 aromatic heterocycles. The van der Waals surface area contributed by atoms with Gasteiger partial charge in [-0.3, -0.25) is 34.2 Å². The summed E-state index contributed by atoms with van der Waals surface area (Å²) in [5.41, 5.74) is 0.596.